The summed E-state index contributed by atoms with van der Waals surface area (Å²) in [5, 5.41) is 1.07. The van der Waals surface area contributed by atoms with Crippen LogP contribution >= 0.6 is 0 Å². The normalized spacial score (nSPS) is 13.6. The average molecular weight is 502 g/mol. The second-order valence-corrected chi connectivity index (χ2v) is 26.4. The van der Waals surface area contributed by atoms with E-state index in [2.05, 4.69) is 63.5 Å². The lowest BCUT2D eigenvalue weighted by Gasteiger charge is -2.45. The topological polar surface area (TPSA) is 106 Å². The Labute approximate surface area is 195 Å². The Hall–Kier alpha value is -0.152. The van der Waals surface area contributed by atoms with E-state index in [-0.39, 0.29) is 0 Å². The molecule has 0 amide bonds. The maximum Gasteiger partial charge on any atom is 0.505 e. The molecule has 1 aromatic rings. The van der Waals surface area contributed by atoms with Crippen molar-refractivity contribution in [3.05, 3.63) is 30.3 Å². The summed E-state index contributed by atoms with van der Waals surface area (Å²) in [6, 6.07) is 13.4. The molecule has 0 saturated carbocycles. The van der Waals surface area contributed by atoms with Crippen molar-refractivity contribution >= 4 is 38.9 Å². The van der Waals surface area contributed by atoms with Gasteiger partial charge in [-0.3, -0.25) is 0 Å². The fourth-order valence-electron chi connectivity index (χ4n) is 3.71. The Morgan fingerprint density at radius 2 is 0.903 bits per heavy atom. The van der Waals surface area contributed by atoms with Crippen molar-refractivity contribution in [2.24, 2.45) is 17.2 Å². The zero-order chi connectivity index (χ0) is 23.6. The minimum Gasteiger partial charge on any atom is -0.413 e. The number of hydrogen-bond donors (Lipinski definition) is 3. The maximum absolute atomic E-state index is 7.13. The lowest BCUT2D eigenvalue weighted by molar-refractivity contribution is 0.267. The molecule has 0 atom stereocenters. The van der Waals surface area contributed by atoms with Crippen molar-refractivity contribution in [2.75, 3.05) is 19.6 Å². The summed E-state index contributed by atoms with van der Waals surface area (Å²) in [4.78, 5) is 0. The summed E-state index contributed by atoms with van der Waals surface area (Å²) < 4.78 is 21.4. The van der Waals surface area contributed by atoms with E-state index in [0.717, 1.165) is 42.6 Å². The van der Waals surface area contributed by atoms with Crippen molar-refractivity contribution < 1.29 is 12.3 Å². The van der Waals surface area contributed by atoms with E-state index in [0.29, 0.717) is 19.6 Å². The molecule has 1 rings (SSSR count). The Kier molecular flexibility index (Phi) is 12.0. The minimum absolute atomic E-state index is 0.675. The molecule has 31 heavy (non-hydrogen) atoms. The third kappa shape index (κ3) is 10.5. The summed E-state index contributed by atoms with van der Waals surface area (Å²) in [5.74, 6) is 0. The Bertz CT molecular complexity index is 578. The molecule has 0 heterocycles. The summed E-state index contributed by atoms with van der Waals surface area (Å²) in [5.41, 5.74) is 17.5. The third-order valence-electron chi connectivity index (χ3n) is 5.31. The van der Waals surface area contributed by atoms with E-state index in [9.17, 15) is 0 Å². The molecule has 0 saturated heterocycles. The summed E-state index contributed by atoms with van der Waals surface area (Å²) in [6.45, 7) is 15.6. The molecule has 0 aliphatic carbocycles. The second kappa shape index (κ2) is 12.9. The van der Waals surface area contributed by atoms with Crippen LogP contribution in [0.1, 0.15) is 19.3 Å². The lowest BCUT2D eigenvalue weighted by atomic mass is 10.4. The lowest BCUT2D eigenvalue weighted by Crippen LogP contribution is -2.68. The predicted octanol–water partition coefficient (Wildman–Crippen LogP) is 3.54. The van der Waals surface area contributed by atoms with Crippen molar-refractivity contribution in [2.45, 2.75) is 76.7 Å². The fourth-order valence-corrected chi connectivity index (χ4v) is 20.5. The van der Waals surface area contributed by atoms with E-state index in [1.165, 1.54) is 0 Å². The van der Waals surface area contributed by atoms with Crippen molar-refractivity contribution in [3.63, 3.8) is 0 Å². The van der Waals surface area contributed by atoms with Crippen molar-refractivity contribution in [3.8, 4) is 0 Å². The average Bonchev–Trinajstić information content (AvgIpc) is 2.69. The smallest absolute Gasteiger partial charge is 0.413 e. The Balaban J connectivity index is 3.47. The van der Waals surface area contributed by atoms with Crippen LogP contribution < -0.4 is 22.4 Å². The molecular weight excluding hydrogens is 455 g/mol. The van der Waals surface area contributed by atoms with E-state index < -0.39 is 33.8 Å². The van der Waals surface area contributed by atoms with E-state index in [4.69, 9.17) is 29.5 Å². The monoisotopic (exact) mass is 501 g/mol. The molecule has 0 aromatic heterocycles. The van der Waals surface area contributed by atoms with E-state index in [1.54, 1.807) is 0 Å². The zero-order valence-corrected chi connectivity index (χ0v) is 24.7. The number of rotatable bonds is 16. The van der Waals surface area contributed by atoms with Gasteiger partial charge in [0, 0.05) is 5.19 Å². The summed E-state index contributed by atoms with van der Waals surface area (Å²) in [6.07, 6.45) is 2.88. The SMILES string of the molecule is C[Si](C)(CCCN)O[Si](O[Si](C)(C)CCCN)(O[Si](C)(C)CCCN)c1ccccc1. The van der Waals surface area contributed by atoms with Gasteiger partial charge in [0.05, 0.1) is 0 Å². The molecule has 1 aromatic carbocycles. The van der Waals surface area contributed by atoms with Crippen LogP contribution in [-0.2, 0) is 12.3 Å². The van der Waals surface area contributed by atoms with Crippen LogP contribution in [0.5, 0.6) is 0 Å². The van der Waals surface area contributed by atoms with Gasteiger partial charge in [-0.2, -0.15) is 0 Å². The molecule has 0 radical (unpaired) electrons. The standard InChI is InChI=1S/C21H47N3O3Si4/c1-28(2,18-10-15-22)25-31(21-13-8-7-9-14-21,26-29(3,4)19-11-16-23)27-30(5,6)20-12-17-24/h7-9,13-14H,10-12,15-20,22-24H2,1-6H3. The first-order chi connectivity index (χ1) is 14.4. The van der Waals surface area contributed by atoms with Gasteiger partial charge in [0.2, 0.25) is 0 Å². The predicted molar refractivity (Wildman–Crippen MR) is 143 cm³/mol. The van der Waals surface area contributed by atoms with Gasteiger partial charge in [-0.1, -0.05) is 30.3 Å². The molecule has 0 spiro atoms. The highest BCUT2D eigenvalue weighted by Crippen LogP contribution is 2.30. The van der Waals surface area contributed by atoms with Gasteiger partial charge in [-0.15, -0.1) is 0 Å². The van der Waals surface area contributed by atoms with Gasteiger partial charge in [-0.25, -0.2) is 0 Å². The van der Waals surface area contributed by atoms with Crippen molar-refractivity contribution in [1.29, 1.82) is 0 Å². The molecule has 0 fully saturated rings. The first kappa shape index (κ1) is 28.9. The molecule has 180 valence electrons. The molecule has 10 heteroatoms. The quantitative estimate of drug-likeness (QED) is 0.299. The molecular formula is C21H47N3O3Si4. The van der Waals surface area contributed by atoms with Gasteiger partial charge in [0.1, 0.15) is 0 Å². The molecule has 0 aliphatic rings. The van der Waals surface area contributed by atoms with Gasteiger partial charge < -0.3 is 29.5 Å². The van der Waals surface area contributed by atoms with Gasteiger partial charge in [-0.05, 0) is 96.3 Å². The molecule has 6 nitrogen and oxygen atoms in total. The van der Waals surface area contributed by atoms with Crippen LogP contribution in [0.3, 0.4) is 0 Å². The highest BCUT2D eigenvalue weighted by molar-refractivity contribution is 6.96. The first-order valence-electron chi connectivity index (χ1n) is 11.7. The van der Waals surface area contributed by atoms with Crippen molar-refractivity contribution in [1.82, 2.24) is 0 Å². The van der Waals surface area contributed by atoms with Crippen LogP contribution in [0.4, 0.5) is 0 Å². The minimum atomic E-state index is -3.17. The van der Waals surface area contributed by atoms with Gasteiger partial charge >= 0.3 is 8.80 Å². The Morgan fingerprint density at radius 1 is 0.581 bits per heavy atom. The third-order valence-corrected chi connectivity index (χ3v) is 20.9. The highest BCUT2D eigenvalue weighted by Gasteiger charge is 2.53. The fraction of sp³-hybridized carbons (Fsp3) is 0.714. The number of hydrogen-bond acceptors (Lipinski definition) is 6. The summed E-state index contributed by atoms with van der Waals surface area (Å²) in [7, 11) is -9.40. The van der Waals surface area contributed by atoms with Crippen LogP contribution in [0, 0.1) is 0 Å². The van der Waals surface area contributed by atoms with Crippen LogP contribution in [-0.4, -0.2) is 53.4 Å². The molecule has 6 N–H and O–H groups in total. The van der Waals surface area contributed by atoms with Crippen LogP contribution in [0.2, 0.25) is 57.4 Å². The van der Waals surface area contributed by atoms with Crippen LogP contribution in [0.15, 0.2) is 30.3 Å². The largest absolute Gasteiger partial charge is 0.505 e. The molecule has 0 unspecified atom stereocenters. The summed E-state index contributed by atoms with van der Waals surface area (Å²) >= 11 is 0. The first-order valence-corrected chi connectivity index (χ1v) is 22.7. The van der Waals surface area contributed by atoms with Gasteiger partial charge in [0.25, 0.3) is 0 Å². The zero-order valence-electron chi connectivity index (χ0n) is 20.7. The number of benzene rings is 1. The number of nitrogens with two attached hydrogens (primary N) is 3. The van der Waals surface area contributed by atoms with E-state index >= 15 is 0 Å². The van der Waals surface area contributed by atoms with Crippen LogP contribution in [0.25, 0.3) is 0 Å². The highest BCUT2D eigenvalue weighted by atomic mass is 28.5. The second-order valence-electron chi connectivity index (χ2n) is 10.2. The molecule has 0 bridgehead atoms. The van der Waals surface area contributed by atoms with E-state index in [1.807, 2.05) is 6.07 Å². The maximum atomic E-state index is 7.13. The van der Waals surface area contributed by atoms with Gasteiger partial charge in [0.15, 0.2) is 25.0 Å². The Morgan fingerprint density at radius 3 is 1.19 bits per heavy atom. The molecule has 0 aliphatic heterocycles.